The molecule has 1 heterocycles. The second kappa shape index (κ2) is 0.883. The molecule has 1 saturated carbocycles. The third-order valence-electron chi connectivity index (χ3n) is 2.74. The van der Waals surface area contributed by atoms with Crippen molar-refractivity contribution in [1.82, 2.24) is 5.32 Å². The summed E-state index contributed by atoms with van der Waals surface area (Å²) >= 11 is 0. The summed E-state index contributed by atoms with van der Waals surface area (Å²) in [6.45, 7) is 0. The van der Waals surface area contributed by atoms with Gasteiger partial charge in [0.1, 0.15) is 0 Å². The molecule has 0 spiro atoms. The van der Waals surface area contributed by atoms with Crippen molar-refractivity contribution in [3.05, 3.63) is 12.2 Å². The third kappa shape index (κ3) is 0.244. The van der Waals surface area contributed by atoms with E-state index in [1.807, 2.05) is 0 Å². The number of nitrogens with one attached hydrogen (secondary N) is 1. The Morgan fingerprint density at radius 3 is 2.12 bits per heavy atom. The van der Waals surface area contributed by atoms with Gasteiger partial charge in [0, 0.05) is 12.1 Å². The Hall–Kier alpha value is -0.300. The SMILES string of the molecule is C1=C[C@H]2C[C@H]1[C@@H]1N[C@@H]12. The second-order valence-electron chi connectivity index (χ2n) is 3.17. The van der Waals surface area contributed by atoms with Crippen LogP contribution in [0.4, 0.5) is 0 Å². The predicted octanol–water partition coefficient (Wildman–Crippen LogP) is 0.533. The van der Waals surface area contributed by atoms with Crippen LogP contribution in [-0.2, 0) is 0 Å². The maximum Gasteiger partial charge on any atom is 0.0293 e. The Balaban J connectivity index is 2.12. The summed E-state index contributed by atoms with van der Waals surface area (Å²) in [6, 6.07) is 1.81. The monoisotopic (exact) mass is 107 g/mol. The molecule has 0 aromatic heterocycles. The van der Waals surface area contributed by atoms with Gasteiger partial charge in [0.2, 0.25) is 0 Å². The molecule has 1 nitrogen and oxygen atoms in total. The molecule has 0 unspecified atom stereocenters. The van der Waals surface area contributed by atoms with Gasteiger partial charge in [0.05, 0.1) is 0 Å². The normalized spacial score (nSPS) is 64.0. The molecule has 0 aromatic rings. The molecule has 1 saturated heterocycles. The Morgan fingerprint density at radius 2 is 1.75 bits per heavy atom. The van der Waals surface area contributed by atoms with Crippen LogP contribution < -0.4 is 5.32 Å². The Kier molecular flexibility index (Phi) is 0.406. The lowest BCUT2D eigenvalue weighted by molar-refractivity contribution is 0.586. The molecule has 4 atom stereocenters. The van der Waals surface area contributed by atoms with Crippen LogP contribution >= 0.6 is 0 Å². The molecule has 1 aliphatic heterocycles. The van der Waals surface area contributed by atoms with E-state index >= 15 is 0 Å². The first kappa shape index (κ1) is 3.67. The number of hydrogen-bond acceptors (Lipinski definition) is 1. The van der Waals surface area contributed by atoms with Crippen molar-refractivity contribution in [1.29, 1.82) is 0 Å². The third-order valence-corrected chi connectivity index (χ3v) is 2.74. The fourth-order valence-corrected chi connectivity index (χ4v) is 2.24. The minimum absolute atomic E-state index is 0.907. The van der Waals surface area contributed by atoms with Crippen molar-refractivity contribution in [2.45, 2.75) is 18.5 Å². The highest BCUT2D eigenvalue weighted by Gasteiger charge is 2.54. The maximum absolute atomic E-state index is 3.47. The van der Waals surface area contributed by atoms with E-state index in [0.29, 0.717) is 0 Å². The van der Waals surface area contributed by atoms with Crippen LogP contribution in [0.15, 0.2) is 12.2 Å². The molecule has 1 heteroatoms. The van der Waals surface area contributed by atoms with Crippen molar-refractivity contribution in [3.63, 3.8) is 0 Å². The number of fused-ring (bicyclic) bond motifs is 5. The van der Waals surface area contributed by atoms with Crippen LogP contribution in [0.25, 0.3) is 0 Å². The molecule has 0 amide bonds. The van der Waals surface area contributed by atoms with E-state index in [4.69, 9.17) is 0 Å². The van der Waals surface area contributed by atoms with Crippen LogP contribution in [0, 0.1) is 11.8 Å². The van der Waals surface area contributed by atoms with Crippen LogP contribution in [0.1, 0.15) is 6.42 Å². The molecule has 2 aliphatic carbocycles. The Bertz CT molecular complexity index is 146. The molecule has 3 rings (SSSR count). The molecule has 2 bridgehead atoms. The van der Waals surface area contributed by atoms with Crippen LogP contribution in [0.3, 0.4) is 0 Å². The van der Waals surface area contributed by atoms with Gasteiger partial charge in [-0.2, -0.15) is 0 Å². The Morgan fingerprint density at radius 1 is 1.12 bits per heavy atom. The van der Waals surface area contributed by atoms with Crippen molar-refractivity contribution in [2.24, 2.45) is 11.8 Å². The highest BCUT2D eigenvalue weighted by Crippen LogP contribution is 2.46. The summed E-state index contributed by atoms with van der Waals surface area (Å²) < 4.78 is 0. The average molecular weight is 107 g/mol. The zero-order valence-corrected chi connectivity index (χ0v) is 4.67. The second-order valence-corrected chi connectivity index (χ2v) is 3.17. The first-order chi connectivity index (χ1) is 3.95. The summed E-state index contributed by atoms with van der Waals surface area (Å²) in [5, 5.41) is 3.47. The average Bonchev–Trinajstić information content (AvgIpc) is 2.39. The van der Waals surface area contributed by atoms with Crippen LogP contribution in [0.5, 0.6) is 0 Å². The fraction of sp³-hybridized carbons (Fsp3) is 0.714. The van der Waals surface area contributed by atoms with E-state index in [2.05, 4.69) is 17.5 Å². The summed E-state index contributed by atoms with van der Waals surface area (Å²) in [5.41, 5.74) is 0. The van der Waals surface area contributed by atoms with Gasteiger partial charge in [-0.3, -0.25) is 0 Å². The molecular formula is C7H9N. The van der Waals surface area contributed by atoms with E-state index in [0.717, 1.165) is 23.9 Å². The topological polar surface area (TPSA) is 21.9 Å². The van der Waals surface area contributed by atoms with Gasteiger partial charge in [-0.1, -0.05) is 12.2 Å². The molecule has 8 heavy (non-hydrogen) atoms. The van der Waals surface area contributed by atoms with Gasteiger partial charge >= 0.3 is 0 Å². The largest absolute Gasteiger partial charge is 0.307 e. The lowest BCUT2D eigenvalue weighted by Crippen LogP contribution is -2.03. The molecule has 0 aromatic carbocycles. The van der Waals surface area contributed by atoms with Crippen LogP contribution in [-0.4, -0.2) is 12.1 Å². The van der Waals surface area contributed by atoms with Gasteiger partial charge in [-0.05, 0) is 18.3 Å². The number of hydrogen-bond donors (Lipinski definition) is 1. The molecule has 3 aliphatic rings. The smallest absolute Gasteiger partial charge is 0.0293 e. The van der Waals surface area contributed by atoms with Gasteiger partial charge in [-0.25, -0.2) is 0 Å². The van der Waals surface area contributed by atoms with Crippen molar-refractivity contribution in [2.75, 3.05) is 0 Å². The van der Waals surface area contributed by atoms with Crippen molar-refractivity contribution >= 4 is 0 Å². The molecule has 42 valence electrons. The first-order valence-corrected chi connectivity index (χ1v) is 3.39. The first-order valence-electron chi connectivity index (χ1n) is 3.39. The van der Waals surface area contributed by atoms with Crippen molar-refractivity contribution in [3.8, 4) is 0 Å². The summed E-state index contributed by atoms with van der Waals surface area (Å²) in [4.78, 5) is 0. The zero-order valence-electron chi connectivity index (χ0n) is 4.67. The van der Waals surface area contributed by atoms with Crippen LogP contribution in [0.2, 0.25) is 0 Å². The van der Waals surface area contributed by atoms with E-state index in [-0.39, 0.29) is 0 Å². The highest BCUT2D eigenvalue weighted by atomic mass is 15.2. The lowest BCUT2D eigenvalue weighted by Gasteiger charge is -1.97. The van der Waals surface area contributed by atoms with Gasteiger partial charge < -0.3 is 5.32 Å². The summed E-state index contributed by atoms with van der Waals surface area (Å²) in [5.74, 6) is 1.84. The summed E-state index contributed by atoms with van der Waals surface area (Å²) in [6.07, 6.45) is 6.21. The quantitative estimate of drug-likeness (QED) is 0.354. The van der Waals surface area contributed by atoms with E-state index in [9.17, 15) is 0 Å². The van der Waals surface area contributed by atoms with Crippen molar-refractivity contribution < 1.29 is 0 Å². The minimum atomic E-state index is 0.907. The maximum atomic E-state index is 3.47. The van der Waals surface area contributed by atoms with Gasteiger partial charge in [0.25, 0.3) is 0 Å². The summed E-state index contributed by atoms with van der Waals surface area (Å²) in [7, 11) is 0. The number of piperidine rings is 1. The fourth-order valence-electron chi connectivity index (χ4n) is 2.24. The molecule has 0 radical (unpaired) electrons. The Labute approximate surface area is 48.8 Å². The minimum Gasteiger partial charge on any atom is -0.307 e. The standard InChI is InChI=1S/C7H9N/c1-2-5-3-4(1)6-7(5)8-6/h1-2,4-8H,3H2/t4-,5-,6-,7+/m0/s1. The molecular weight excluding hydrogens is 98.1 g/mol. The van der Waals surface area contributed by atoms with E-state index in [1.165, 1.54) is 6.42 Å². The lowest BCUT2D eigenvalue weighted by atomic mass is 10.1. The van der Waals surface area contributed by atoms with E-state index in [1.54, 1.807) is 0 Å². The zero-order chi connectivity index (χ0) is 5.14. The molecule has 2 fully saturated rings. The highest BCUT2D eigenvalue weighted by molar-refractivity contribution is 5.26. The van der Waals surface area contributed by atoms with Gasteiger partial charge in [-0.15, -0.1) is 0 Å². The predicted molar refractivity (Wildman–Crippen MR) is 31.4 cm³/mol. The molecule has 1 N–H and O–H groups in total. The van der Waals surface area contributed by atoms with Gasteiger partial charge in [0.15, 0.2) is 0 Å². The van der Waals surface area contributed by atoms with E-state index < -0.39 is 0 Å². The number of rotatable bonds is 0.